The van der Waals surface area contributed by atoms with Crippen LogP contribution in [0, 0.1) is 0 Å². The number of amides is 1. The number of hydrogen-bond acceptors (Lipinski definition) is 4. The summed E-state index contributed by atoms with van der Waals surface area (Å²) in [4.78, 5) is 24.1. The van der Waals surface area contributed by atoms with Crippen LogP contribution >= 0.6 is 0 Å². The molecule has 0 aliphatic carbocycles. The van der Waals surface area contributed by atoms with E-state index in [-0.39, 0.29) is 4.90 Å². The molecule has 0 spiro atoms. The summed E-state index contributed by atoms with van der Waals surface area (Å²) in [6.07, 6.45) is -3.71. The Morgan fingerprint density at radius 3 is 2.28 bits per heavy atom. The molecule has 1 amide bonds. The van der Waals surface area contributed by atoms with Gasteiger partial charge in [0.15, 0.2) is 0 Å². The van der Waals surface area contributed by atoms with Gasteiger partial charge < -0.3 is 9.88 Å². The van der Waals surface area contributed by atoms with E-state index in [0.29, 0.717) is 16.2 Å². The van der Waals surface area contributed by atoms with Crippen LogP contribution in [0.1, 0.15) is 24.1 Å². The highest BCUT2D eigenvalue weighted by atomic mass is 32.2. The molecule has 0 bridgehead atoms. The van der Waals surface area contributed by atoms with Crippen LogP contribution in [0.25, 0.3) is 0 Å². The maximum absolute atomic E-state index is 12.8. The number of carbonyl (C=O) groups is 1. The van der Waals surface area contributed by atoms with Crippen molar-refractivity contribution in [3.8, 4) is 0 Å². The molecule has 1 N–H and O–H groups in total. The fourth-order valence-electron chi connectivity index (χ4n) is 2.54. The van der Waals surface area contributed by atoms with Crippen molar-refractivity contribution in [3.05, 3.63) is 64.1 Å². The van der Waals surface area contributed by atoms with Crippen molar-refractivity contribution in [2.75, 3.05) is 14.1 Å². The molecule has 11 heteroatoms. The van der Waals surface area contributed by atoms with E-state index in [4.69, 9.17) is 0 Å². The first kappa shape index (κ1) is 22.6. The van der Waals surface area contributed by atoms with Gasteiger partial charge >= 0.3 is 6.18 Å². The number of nitrogens with zero attached hydrogens (tertiary/aromatic N) is 2. The largest absolute Gasteiger partial charge is 0.421 e. The number of halogens is 3. The number of carbonyl (C=O) groups excluding carboxylic acids is 1. The van der Waals surface area contributed by atoms with Gasteiger partial charge in [-0.15, -0.1) is 0 Å². The molecule has 1 aromatic carbocycles. The van der Waals surface area contributed by atoms with E-state index in [2.05, 4.69) is 5.32 Å². The molecule has 158 valence electrons. The summed E-state index contributed by atoms with van der Waals surface area (Å²) in [6.45, 7) is 1.04. The first-order valence-electron chi connectivity index (χ1n) is 8.42. The van der Waals surface area contributed by atoms with E-state index in [1.807, 2.05) is 0 Å². The number of sulfonamides is 1. The summed E-state index contributed by atoms with van der Waals surface area (Å²) in [5.41, 5.74) is -2.06. The minimum atomic E-state index is -4.81. The Morgan fingerprint density at radius 1 is 1.17 bits per heavy atom. The molecule has 7 nitrogen and oxygen atoms in total. The molecule has 0 aliphatic rings. The maximum Gasteiger partial charge on any atom is 0.421 e. The Labute approximate surface area is 165 Å². The highest BCUT2D eigenvalue weighted by Crippen LogP contribution is 2.26. The first-order valence-corrected chi connectivity index (χ1v) is 9.86. The summed E-state index contributed by atoms with van der Waals surface area (Å²) < 4.78 is 64.3. The van der Waals surface area contributed by atoms with Gasteiger partial charge in [-0.25, -0.2) is 12.7 Å². The van der Waals surface area contributed by atoms with Crippen molar-refractivity contribution in [2.45, 2.75) is 30.6 Å². The summed E-state index contributed by atoms with van der Waals surface area (Å²) in [5, 5.41) is 2.57. The molecule has 1 atom stereocenters. The van der Waals surface area contributed by atoms with Gasteiger partial charge in [0.25, 0.3) is 5.56 Å². The van der Waals surface area contributed by atoms with Gasteiger partial charge in [-0.1, -0.05) is 12.1 Å². The lowest BCUT2D eigenvalue weighted by atomic mass is 10.1. The topological polar surface area (TPSA) is 88.5 Å². The van der Waals surface area contributed by atoms with E-state index in [0.717, 1.165) is 16.6 Å². The SMILES string of the molecule is CC(NC(=O)Cn1cccc(C(F)(F)F)c1=O)c1ccc(S(=O)(=O)N(C)C)cc1. The lowest BCUT2D eigenvalue weighted by Crippen LogP contribution is -2.35. The maximum atomic E-state index is 12.8. The number of benzene rings is 1. The molecular weight excluding hydrogens is 411 g/mol. The van der Waals surface area contributed by atoms with Crippen LogP contribution in [-0.2, 0) is 27.5 Å². The van der Waals surface area contributed by atoms with Crippen molar-refractivity contribution < 1.29 is 26.4 Å². The third-order valence-corrected chi connectivity index (χ3v) is 6.01. The van der Waals surface area contributed by atoms with Crippen LogP contribution in [-0.4, -0.2) is 37.3 Å². The summed E-state index contributed by atoms with van der Waals surface area (Å²) in [6, 6.07) is 6.98. The van der Waals surface area contributed by atoms with Gasteiger partial charge in [0.1, 0.15) is 12.1 Å². The number of alkyl halides is 3. The molecule has 1 aromatic heterocycles. The molecule has 0 saturated heterocycles. The van der Waals surface area contributed by atoms with Crippen molar-refractivity contribution in [1.29, 1.82) is 0 Å². The summed E-state index contributed by atoms with van der Waals surface area (Å²) >= 11 is 0. The predicted octanol–water partition coefficient (Wildman–Crippen LogP) is 1.99. The summed E-state index contributed by atoms with van der Waals surface area (Å²) in [7, 11) is -0.779. The third-order valence-electron chi connectivity index (χ3n) is 4.18. The molecule has 2 rings (SSSR count). The van der Waals surface area contributed by atoms with E-state index in [1.54, 1.807) is 6.92 Å². The average Bonchev–Trinajstić information content (AvgIpc) is 2.62. The van der Waals surface area contributed by atoms with Crippen LogP contribution in [0.2, 0.25) is 0 Å². The lowest BCUT2D eigenvalue weighted by Gasteiger charge is -2.17. The number of rotatable bonds is 6. The fourth-order valence-corrected chi connectivity index (χ4v) is 3.44. The van der Waals surface area contributed by atoms with Crippen molar-refractivity contribution in [3.63, 3.8) is 0 Å². The molecule has 1 unspecified atom stereocenters. The minimum absolute atomic E-state index is 0.0836. The fraction of sp³-hybridized carbons (Fsp3) is 0.333. The molecule has 0 fully saturated rings. The average molecular weight is 431 g/mol. The van der Waals surface area contributed by atoms with Gasteiger partial charge in [0.2, 0.25) is 15.9 Å². The van der Waals surface area contributed by atoms with Gasteiger partial charge in [-0.05, 0) is 36.8 Å². The molecule has 29 heavy (non-hydrogen) atoms. The first-order chi connectivity index (χ1) is 13.3. The van der Waals surface area contributed by atoms with Gasteiger partial charge in [-0.3, -0.25) is 9.59 Å². The van der Waals surface area contributed by atoms with E-state index < -0.39 is 45.8 Å². The number of pyridine rings is 1. The molecule has 0 saturated carbocycles. The van der Waals surface area contributed by atoms with Crippen LogP contribution in [0.5, 0.6) is 0 Å². The van der Waals surface area contributed by atoms with Crippen LogP contribution in [0.4, 0.5) is 13.2 Å². The Morgan fingerprint density at radius 2 is 1.76 bits per heavy atom. The second-order valence-corrected chi connectivity index (χ2v) is 8.65. The Balaban J connectivity index is 2.11. The Bertz CT molecular complexity index is 1050. The molecule has 0 radical (unpaired) electrons. The van der Waals surface area contributed by atoms with Crippen molar-refractivity contribution in [1.82, 2.24) is 14.2 Å². The van der Waals surface area contributed by atoms with Crippen LogP contribution in [0.3, 0.4) is 0 Å². The number of hydrogen-bond donors (Lipinski definition) is 1. The van der Waals surface area contributed by atoms with Crippen molar-refractivity contribution >= 4 is 15.9 Å². The highest BCUT2D eigenvalue weighted by molar-refractivity contribution is 7.89. The van der Waals surface area contributed by atoms with E-state index in [1.165, 1.54) is 38.4 Å². The third kappa shape index (κ3) is 5.24. The quantitative estimate of drug-likeness (QED) is 0.758. The van der Waals surface area contributed by atoms with Gasteiger partial charge in [0, 0.05) is 20.3 Å². The predicted molar refractivity (Wildman–Crippen MR) is 99.6 cm³/mol. The van der Waals surface area contributed by atoms with Crippen LogP contribution < -0.4 is 10.9 Å². The van der Waals surface area contributed by atoms with Crippen LogP contribution in [0.15, 0.2) is 52.3 Å². The van der Waals surface area contributed by atoms with E-state index in [9.17, 15) is 31.2 Å². The minimum Gasteiger partial charge on any atom is -0.348 e. The zero-order chi connectivity index (χ0) is 22.0. The molecule has 1 heterocycles. The van der Waals surface area contributed by atoms with E-state index >= 15 is 0 Å². The number of aromatic nitrogens is 1. The second-order valence-electron chi connectivity index (χ2n) is 6.50. The Hall–Kier alpha value is -2.66. The molecule has 0 aliphatic heterocycles. The van der Waals surface area contributed by atoms with Crippen molar-refractivity contribution in [2.24, 2.45) is 0 Å². The molecule has 2 aromatic rings. The smallest absolute Gasteiger partial charge is 0.348 e. The normalized spacial score (nSPS) is 13.3. The highest BCUT2D eigenvalue weighted by Gasteiger charge is 2.34. The van der Waals surface area contributed by atoms with Gasteiger partial charge in [-0.2, -0.15) is 13.2 Å². The monoisotopic (exact) mass is 431 g/mol. The molecular formula is C18H20F3N3O4S. The number of nitrogens with one attached hydrogen (secondary N) is 1. The zero-order valence-corrected chi connectivity index (χ0v) is 16.7. The standard InChI is InChI=1S/C18H20F3N3O4S/c1-12(13-6-8-14(9-7-13)29(27,28)23(2)3)22-16(25)11-24-10-4-5-15(17(24)26)18(19,20)21/h4-10,12H,11H2,1-3H3,(H,22,25). The lowest BCUT2D eigenvalue weighted by molar-refractivity contribution is -0.139. The Kier molecular flexibility index (Phi) is 6.53. The second kappa shape index (κ2) is 8.37. The van der Waals surface area contributed by atoms with Gasteiger partial charge in [0.05, 0.1) is 10.9 Å². The summed E-state index contributed by atoms with van der Waals surface area (Å²) in [5.74, 6) is -0.663. The zero-order valence-electron chi connectivity index (χ0n) is 15.9.